The first kappa shape index (κ1) is 20.8. The Morgan fingerprint density at radius 2 is 1.90 bits per heavy atom. The average molecular weight is 408 g/mol. The van der Waals surface area contributed by atoms with Gasteiger partial charge in [-0.1, -0.05) is 30.3 Å². The summed E-state index contributed by atoms with van der Waals surface area (Å²) in [6, 6.07) is 10.7. The Labute approximate surface area is 179 Å². The summed E-state index contributed by atoms with van der Waals surface area (Å²) in [6.45, 7) is 6.36. The molecular weight excluding hydrogens is 374 g/mol. The fourth-order valence-electron chi connectivity index (χ4n) is 4.67. The second-order valence-corrected chi connectivity index (χ2v) is 8.50. The number of aryl methyl sites for hydroxylation is 1. The van der Waals surface area contributed by atoms with E-state index in [1.807, 2.05) is 11.9 Å². The first-order valence-electron chi connectivity index (χ1n) is 11.2. The minimum atomic E-state index is 0.121. The van der Waals surface area contributed by atoms with Gasteiger partial charge in [-0.2, -0.15) is 0 Å². The Balaban J connectivity index is 1.35. The Morgan fingerprint density at radius 3 is 2.60 bits per heavy atom. The molecule has 0 atom stereocenters. The molecule has 4 rings (SSSR count). The van der Waals surface area contributed by atoms with Gasteiger partial charge in [0.1, 0.15) is 11.6 Å². The molecular formula is C24H33N5O. The maximum absolute atomic E-state index is 11.8. The Kier molecular flexibility index (Phi) is 6.62. The molecule has 6 nitrogen and oxygen atoms in total. The molecule has 1 amide bonds. The topological polar surface area (TPSA) is 61.4 Å². The molecule has 0 saturated carbocycles. The number of likely N-dealkylation sites (tertiary alicyclic amines) is 1. The summed E-state index contributed by atoms with van der Waals surface area (Å²) in [5.74, 6) is 2.42. The third-order valence-corrected chi connectivity index (χ3v) is 6.50. The lowest BCUT2D eigenvalue weighted by Crippen LogP contribution is -2.37. The number of fused-ring (bicyclic) bond motifs is 1. The van der Waals surface area contributed by atoms with Gasteiger partial charge in [-0.15, -0.1) is 0 Å². The predicted molar refractivity (Wildman–Crippen MR) is 120 cm³/mol. The van der Waals surface area contributed by atoms with Crippen molar-refractivity contribution in [1.29, 1.82) is 0 Å². The van der Waals surface area contributed by atoms with Crippen molar-refractivity contribution in [1.82, 2.24) is 19.8 Å². The van der Waals surface area contributed by atoms with Crippen molar-refractivity contribution in [3.8, 4) is 0 Å². The van der Waals surface area contributed by atoms with E-state index in [1.165, 1.54) is 17.5 Å². The normalized spacial score (nSPS) is 17.6. The molecule has 1 fully saturated rings. The number of hydrogen-bond acceptors (Lipinski definition) is 5. The van der Waals surface area contributed by atoms with E-state index in [4.69, 9.17) is 9.97 Å². The van der Waals surface area contributed by atoms with Crippen LogP contribution in [-0.4, -0.2) is 58.9 Å². The zero-order valence-corrected chi connectivity index (χ0v) is 18.2. The zero-order chi connectivity index (χ0) is 20.9. The van der Waals surface area contributed by atoms with Crippen LogP contribution in [0.5, 0.6) is 0 Å². The van der Waals surface area contributed by atoms with Crippen LogP contribution in [0.15, 0.2) is 30.3 Å². The van der Waals surface area contributed by atoms with Crippen LogP contribution in [0.25, 0.3) is 0 Å². The second kappa shape index (κ2) is 9.56. The number of carbonyl (C=O) groups excluding carboxylic acids is 1. The van der Waals surface area contributed by atoms with Crippen LogP contribution in [-0.2, 0) is 24.2 Å². The van der Waals surface area contributed by atoms with E-state index in [0.717, 1.165) is 69.2 Å². The van der Waals surface area contributed by atoms with E-state index < -0.39 is 0 Å². The van der Waals surface area contributed by atoms with Gasteiger partial charge in [-0.05, 0) is 57.3 Å². The molecule has 1 saturated heterocycles. The number of amides is 1. The molecule has 0 unspecified atom stereocenters. The average Bonchev–Trinajstić information content (AvgIpc) is 2.79. The minimum absolute atomic E-state index is 0.121. The Bertz CT molecular complexity index is 861. The molecule has 0 spiro atoms. The summed E-state index contributed by atoms with van der Waals surface area (Å²) >= 11 is 0. The van der Waals surface area contributed by atoms with Crippen LogP contribution in [0.2, 0.25) is 0 Å². The first-order chi connectivity index (χ1) is 14.6. The van der Waals surface area contributed by atoms with Gasteiger partial charge in [0.2, 0.25) is 5.91 Å². The van der Waals surface area contributed by atoms with Gasteiger partial charge in [0.25, 0.3) is 0 Å². The number of nitrogens with one attached hydrogen (secondary N) is 1. The molecule has 1 aromatic heterocycles. The number of anilines is 1. The molecule has 2 aromatic rings. The van der Waals surface area contributed by atoms with Crippen LogP contribution < -0.4 is 5.32 Å². The quantitative estimate of drug-likeness (QED) is 0.797. The highest BCUT2D eigenvalue weighted by Crippen LogP contribution is 2.30. The highest BCUT2D eigenvalue weighted by molar-refractivity contribution is 5.73. The summed E-state index contributed by atoms with van der Waals surface area (Å²) in [5, 5.41) is 3.27. The fraction of sp³-hybridized carbons (Fsp3) is 0.542. The van der Waals surface area contributed by atoms with Gasteiger partial charge in [0.05, 0.1) is 12.2 Å². The van der Waals surface area contributed by atoms with E-state index in [1.54, 1.807) is 6.92 Å². The summed E-state index contributed by atoms with van der Waals surface area (Å²) in [5.41, 5.74) is 3.63. The highest BCUT2D eigenvalue weighted by Gasteiger charge is 2.27. The number of carbonyl (C=O) groups is 1. The molecule has 6 heteroatoms. The van der Waals surface area contributed by atoms with Crippen molar-refractivity contribution in [3.05, 3.63) is 53.0 Å². The van der Waals surface area contributed by atoms with Crippen LogP contribution in [0.1, 0.15) is 54.7 Å². The molecule has 30 heavy (non-hydrogen) atoms. The van der Waals surface area contributed by atoms with E-state index >= 15 is 0 Å². The van der Waals surface area contributed by atoms with Crippen molar-refractivity contribution in [2.45, 2.75) is 51.5 Å². The van der Waals surface area contributed by atoms with Gasteiger partial charge < -0.3 is 15.1 Å². The summed E-state index contributed by atoms with van der Waals surface area (Å²) in [7, 11) is 1.93. The summed E-state index contributed by atoms with van der Waals surface area (Å²) in [6.07, 6.45) is 5.38. The largest absolute Gasteiger partial charge is 0.373 e. The van der Waals surface area contributed by atoms with Crippen LogP contribution in [0.3, 0.4) is 0 Å². The van der Waals surface area contributed by atoms with Crippen molar-refractivity contribution >= 4 is 11.7 Å². The number of piperidine rings is 1. The van der Waals surface area contributed by atoms with Crippen molar-refractivity contribution in [3.63, 3.8) is 0 Å². The van der Waals surface area contributed by atoms with Gasteiger partial charge in [-0.25, -0.2) is 9.97 Å². The maximum atomic E-state index is 11.8. The lowest BCUT2D eigenvalue weighted by Gasteiger charge is -2.33. The van der Waals surface area contributed by atoms with Crippen LogP contribution >= 0.6 is 0 Å². The first-order valence-corrected chi connectivity index (χ1v) is 11.2. The summed E-state index contributed by atoms with van der Waals surface area (Å²) < 4.78 is 0. The zero-order valence-electron chi connectivity index (χ0n) is 18.2. The molecule has 0 bridgehead atoms. The fourth-order valence-corrected chi connectivity index (χ4v) is 4.67. The van der Waals surface area contributed by atoms with Crippen LogP contribution in [0.4, 0.5) is 5.82 Å². The second-order valence-electron chi connectivity index (χ2n) is 8.50. The van der Waals surface area contributed by atoms with E-state index in [2.05, 4.69) is 40.5 Å². The Hall–Kier alpha value is -2.47. The smallest absolute Gasteiger partial charge is 0.219 e. The third-order valence-electron chi connectivity index (χ3n) is 6.50. The molecule has 1 aromatic carbocycles. The highest BCUT2D eigenvalue weighted by atomic mass is 16.2. The molecule has 0 radical (unpaired) electrons. The standard InChI is InChI=1S/C24H33N5O/c1-18(30)29-16-12-21-22(17-29)26-23(27-24(21)25-2)20-10-14-28(15-11-20)13-6-9-19-7-4-3-5-8-19/h3-5,7-8,20H,6,9-17H2,1-2H3,(H,25,26,27). The Morgan fingerprint density at radius 1 is 1.13 bits per heavy atom. The van der Waals surface area contributed by atoms with Crippen LogP contribution in [0, 0.1) is 0 Å². The third kappa shape index (κ3) is 4.81. The molecule has 1 N–H and O–H groups in total. The number of benzene rings is 1. The minimum Gasteiger partial charge on any atom is -0.373 e. The molecule has 2 aliphatic heterocycles. The van der Waals surface area contributed by atoms with Gasteiger partial charge in [-0.3, -0.25) is 4.79 Å². The van der Waals surface area contributed by atoms with E-state index in [9.17, 15) is 4.79 Å². The lowest BCUT2D eigenvalue weighted by molar-refractivity contribution is -0.129. The number of nitrogens with zero attached hydrogens (tertiary/aromatic N) is 4. The van der Waals surface area contributed by atoms with Crippen molar-refractivity contribution in [2.75, 3.05) is 38.5 Å². The lowest BCUT2D eigenvalue weighted by atomic mass is 9.94. The van der Waals surface area contributed by atoms with E-state index in [-0.39, 0.29) is 5.91 Å². The SMILES string of the molecule is CNc1nc(C2CCN(CCCc3ccccc3)CC2)nc2c1CCN(C(C)=O)C2. The monoisotopic (exact) mass is 407 g/mol. The van der Waals surface area contributed by atoms with Gasteiger partial charge in [0, 0.05) is 32.0 Å². The van der Waals surface area contributed by atoms with Gasteiger partial charge >= 0.3 is 0 Å². The van der Waals surface area contributed by atoms with Crippen molar-refractivity contribution < 1.29 is 4.79 Å². The summed E-state index contributed by atoms with van der Waals surface area (Å²) in [4.78, 5) is 26.1. The van der Waals surface area contributed by atoms with E-state index in [0.29, 0.717) is 12.5 Å². The predicted octanol–water partition coefficient (Wildman–Crippen LogP) is 3.24. The maximum Gasteiger partial charge on any atom is 0.219 e. The molecule has 2 aliphatic rings. The van der Waals surface area contributed by atoms with Crippen molar-refractivity contribution in [2.24, 2.45) is 0 Å². The number of aromatic nitrogens is 2. The number of hydrogen-bond donors (Lipinski definition) is 1. The van der Waals surface area contributed by atoms with Gasteiger partial charge in [0.15, 0.2) is 0 Å². The molecule has 160 valence electrons. The number of rotatable bonds is 6. The molecule has 3 heterocycles. The molecule has 0 aliphatic carbocycles.